The standard InChI is InChI=1S/C15H25NO4/c1-15(17,7-8-16-9-10-18-2)13-11-12(19-3)5-6-14(13)20-4/h5-6,11,16-17H,7-10H2,1-4H3. The smallest absolute Gasteiger partial charge is 0.125 e. The molecular formula is C15H25NO4. The first-order chi connectivity index (χ1) is 9.55. The van der Waals surface area contributed by atoms with Crippen LogP contribution in [0.25, 0.3) is 0 Å². The molecule has 1 aromatic carbocycles. The van der Waals surface area contributed by atoms with Crippen LogP contribution >= 0.6 is 0 Å². The molecule has 1 rings (SSSR count). The van der Waals surface area contributed by atoms with E-state index in [9.17, 15) is 5.11 Å². The number of hydrogen-bond acceptors (Lipinski definition) is 5. The summed E-state index contributed by atoms with van der Waals surface area (Å²) < 4.78 is 15.5. The first-order valence-corrected chi connectivity index (χ1v) is 6.69. The molecule has 2 N–H and O–H groups in total. The lowest BCUT2D eigenvalue weighted by Crippen LogP contribution is -2.29. The van der Waals surface area contributed by atoms with Crippen LogP contribution in [0.5, 0.6) is 11.5 Å². The van der Waals surface area contributed by atoms with Crippen LogP contribution in [0.4, 0.5) is 0 Å². The minimum Gasteiger partial charge on any atom is -0.497 e. The molecule has 1 aromatic rings. The molecule has 5 heteroatoms. The van der Waals surface area contributed by atoms with E-state index >= 15 is 0 Å². The zero-order valence-electron chi connectivity index (χ0n) is 12.7. The summed E-state index contributed by atoms with van der Waals surface area (Å²) in [5.41, 5.74) is -0.257. The first kappa shape index (κ1) is 16.8. The molecule has 0 radical (unpaired) electrons. The third kappa shape index (κ3) is 4.67. The zero-order valence-corrected chi connectivity index (χ0v) is 12.7. The van der Waals surface area contributed by atoms with Crippen molar-refractivity contribution < 1.29 is 19.3 Å². The van der Waals surface area contributed by atoms with Crippen LogP contribution in [0.1, 0.15) is 18.9 Å². The number of methoxy groups -OCH3 is 3. The van der Waals surface area contributed by atoms with Crippen molar-refractivity contribution in [2.24, 2.45) is 0 Å². The lowest BCUT2D eigenvalue weighted by atomic mass is 9.91. The predicted molar refractivity (Wildman–Crippen MR) is 78.5 cm³/mol. The van der Waals surface area contributed by atoms with E-state index in [1.807, 2.05) is 12.1 Å². The van der Waals surface area contributed by atoms with E-state index in [0.717, 1.165) is 12.1 Å². The van der Waals surface area contributed by atoms with Crippen LogP contribution in [0.15, 0.2) is 18.2 Å². The molecule has 0 fully saturated rings. The fourth-order valence-corrected chi connectivity index (χ4v) is 2.00. The van der Waals surface area contributed by atoms with Crippen molar-refractivity contribution in [2.45, 2.75) is 18.9 Å². The lowest BCUT2D eigenvalue weighted by Gasteiger charge is -2.26. The molecule has 20 heavy (non-hydrogen) atoms. The Balaban J connectivity index is 2.74. The van der Waals surface area contributed by atoms with Crippen molar-refractivity contribution in [3.05, 3.63) is 23.8 Å². The van der Waals surface area contributed by atoms with E-state index in [1.54, 1.807) is 34.3 Å². The number of benzene rings is 1. The summed E-state index contributed by atoms with van der Waals surface area (Å²) in [5, 5.41) is 13.9. The number of aliphatic hydroxyl groups is 1. The van der Waals surface area contributed by atoms with Gasteiger partial charge in [0.2, 0.25) is 0 Å². The van der Waals surface area contributed by atoms with Gasteiger partial charge >= 0.3 is 0 Å². The van der Waals surface area contributed by atoms with Crippen LogP contribution in [0.3, 0.4) is 0 Å². The van der Waals surface area contributed by atoms with Crippen molar-refractivity contribution in [1.82, 2.24) is 5.32 Å². The third-order valence-corrected chi connectivity index (χ3v) is 3.26. The van der Waals surface area contributed by atoms with Gasteiger partial charge in [0.1, 0.15) is 11.5 Å². The molecule has 1 atom stereocenters. The SMILES string of the molecule is COCCNCCC(C)(O)c1cc(OC)ccc1OC. The van der Waals surface area contributed by atoms with Gasteiger partial charge in [-0.25, -0.2) is 0 Å². The van der Waals surface area contributed by atoms with Crippen LogP contribution < -0.4 is 14.8 Å². The Bertz CT molecular complexity index is 407. The predicted octanol–water partition coefficient (Wildman–Crippen LogP) is 1.54. The summed E-state index contributed by atoms with van der Waals surface area (Å²) in [6, 6.07) is 5.43. The molecule has 0 aliphatic carbocycles. The van der Waals surface area contributed by atoms with Crippen LogP contribution in [0.2, 0.25) is 0 Å². The second-order valence-electron chi connectivity index (χ2n) is 4.83. The molecule has 0 aromatic heterocycles. The van der Waals surface area contributed by atoms with Gasteiger partial charge in [-0.2, -0.15) is 0 Å². The highest BCUT2D eigenvalue weighted by Crippen LogP contribution is 2.34. The van der Waals surface area contributed by atoms with Gasteiger partial charge in [-0.15, -0.1) is 0 Å². The van der Waals surface area contributed by atoms with Crippen molar-refractivity contribution in [3.63, 3.8) is 0 Å². The van der Waals surface area contributed by atoms with Gasteiger partial charge in [0.05, 0.1) is 26.4 Å². The van der Waals surface area contributed by atoms with E-state index in [1.165, 1.54) is 0 Å². The summed E-state index contributed by atoms with van der Waals surface area (Å²) in [6.45, 7) is 3.89. The van der Waals surface area contributed by atoms with Crippen molar-refractivity contribution in [3.8, 4) is 11.5 Å². The van der Waals surface area contributed by atoms with E-state index < -0.39 is 5.60 Å². The molecule has 0 aliphatic heterocycles. The molecule has 114 valence electrons. The molecule has 5 nitrogen and oxygen atoms in total. The van der Waals surface area contributed by atoms with Gasteiger partial charge in [-0.3, -0.25) is 0 Å². The topological polar surface area (TPSA) is 60.0 Å². The molecule has 0 saturated heterocycles. The third-order valence-electron chi connectivity index (χ3n) is 3.26. The Hall–Kier alpha value is -1.30. The number of rotatable bonds is 9. The molecule has 1 unspecified atom stereocenters. The Labute approximate surface area is 120 Å². The highest BCUT2D eigenvalue weighted by Gasteiger charge is 2.27. The summed E-state index contributed by atoms with van der Waals surface area (Å²) in [5.74, 6) is 1.36. The van der Waals surface area contributed by atoms with Gasteiger partial charge in [0.25, 0.3) is 0 Å². The molecule has 0 spiro atoms. The average molecular weight is 283 g/mol. The zero-order chi connectivity index (χ0) is 15.0. The monoisotopic (exact) mass is 283 g/mol. The molecular weight excluding hydrogens is 258 g/mol. The largest absolute Gasteiger partial charge is 0.497 e. The molecule has 0 aliphatic rings. The minimum atomic E-state index is -0.986. The van der Waals surface area contributed by atoms with Gasteiger partial charge in [0, 0.05) is 19.2 Å². The summed E-state index contributed by atoms with van der Waals surface area (Å²) in [4.78, 5) is 0. The van der Waals surface area contributed by atoms with E-state index in [-0.39, 0.29) is 0 Å². The van der Waals surface area contributed by atoms with Crippen molar-refractivity contribution >= 4 is 0 Å². The first-order valence-electron chi connectivity index (χ1n) is 6.69. The molecule has 0 amide bonds. The average Bonchev–Trinajstić information content (AvgIpc) is 2.46. The minimum absolute atomic E-state index is 0.570. The molecule has 0 bridgehead atoms. The van der Waals surface area contributed by atoms with Crippen LogP contribution in [-0.2, 0) is 10.3 Å². The second kappa shape index (κ2) is 8.09. The summed E-state index contributed by atoms with van der Waals surface area (Å²) in [7, 11) is 4.86. The lowest BCUT2D eigenvalue weighted by molar-refractivity contribution is 0.0448. The summed E-state index contributed by atoms with van der Waals surface area (Å²) in [6.07, 6.45) is 0.570. The van der Waals surface area contributed by atoms with Gasteiger partial charge in [-0.1, -0.05) is 0 Å². The molecule has 0 saturated carbocycles. The Kier molecular flexibility index (Phi) is 6.78. The maximum Gasteiger partial charge on any atom is 0.125 e. The molecule has 0 heterocycles. The Morgan fingerprint density at radius 2 is 1.90 bits per heavy atom. The normalized spacial score (nSPS) is 13.8. The fraction of sp³-hybridized carbons (Fsp3) is 0.600. The highest BCUT2D eigenvalue weighted by molar-refractivity contribution is 5.43. The number of hydrogen-bond donors (Lipinski definition) is 2. The maximum atomic E-state index is 10.7. The van der Waals surface area contributed by atoms with Crippen molar-refractivity contribution in [1.29, 1.82) is 0 Å². The summed E-state index contributed by atoms with van der Waals surface area (Å²) >= 11 is 0. The number of ether oxygens (including phenoxy) is 3. The van der Waals surface area contributed by atoms with Gasteiger partial charge < -0.3 is 24.6 Å². The van der Waals surface area contributed by atoms with E-state index in [2.05, 4.69) is 5.32 Å². The van der Waals surface area contributed by atoms with Crippen LogP contribution in [0, 0.1) is 0 Å². The van der Waals surface area contributed by atoms with Gasteiger partial charge in [0.15, 0.2) is 0 Å². The van der Waals surface area contributed by atoms with E-state index in [4.69, 9.17) is 14.2 Å². The van der Waals surface area contributed by atoms with Crippen LogP contribution in [-0.4, -0.2) is 46.1 Å². The Morgan fingerprint density at radius 3 is 2.50 bits per heavy atom. The van der Waals surface area contributed by atoms with Gasteiger partial charge in [-0.05, 0) is 38.1 Å². The fourth-order valence-electron chi connectivity index (χ4n) is 2.00. The quantitative estimate of drug-likeness (QED) is 0.673. The highest BCUT2D eigenvalue weighted by atomic mass is 16.5. The Morgan fingerprint density at radius 1 is 1.15 bits per heavy atom. The maximum absolute atomic E-state index is 10.7. The van der Waals surface area contributed by atoms with Crippen molar-refractivity contribution in [2.75, 3.05) is 41.0 Å². The van der Waals surface area contributed by atoms with E-state index in [0.29, 0.717) is 31.1 Å². The number of nitrogens with one attached hydrogen (secondary N) is 1. The second-order valence-corrected chi connectivity index (χ2v) is 4.83.